The molecule has 0 saturated heterocycles. The average Bonchev–Trinajstić information content (AvgIpc) is 2.01. The lowest BCUT2D eigenvalue weighted by molar-refractivity contribution is 0.179. The van der Waals surface area contributed by atoms with E-state index in [1.54, 1.807) is 7.11 Å². The fourth-order valence-electron chi connectivity index (χ4n) is 0.863. The van der Waals surface area contributed by atoms with Crippen molar-refractivity contribution in [3.63, 3.8) is 0 Å². The summed E-state index contributed by atoms with van der Waals surface area (Å²) in [4.78, 5) is 0. The summed E-state index contributed by atoms with van der Waals surface area (Å²) in [6.45, 7) is 7.91. The third kappa shape index (κ3) is 7.99. The SMILES string of the molecule is COCC(C)NC(=S)NCC(C)C. The Morgan fingerprint density at radius 3 is 2.46 bits per heavy atom. The van der Waals surface area contributed by atoms with E-state index in [2.05, 4.69) is 24.5 Å². The van der Waals surface area contributed by atoms with E-state index in [1.807, 2.05) is 6.92 Å². The van der Waals surface area contributed by atoms with Gasteiger partial charge in [-0.05, 0) is 25.1 Å². The van der Waals surface area contributed by atoms with Crippen LogP contribution in [0.3, 0.4) is 0 Å². The van der Waals surface area contributed by atoms with Crippen LogP contribution in [-0.4, -0.2) is 31.4 Å². The molecule has 0 aromatic rings. The first kappa shape index (κ1) is 12.7. The molecule has 3 nitrogen and oxygen atoms in total. The quantitative estimate of drug-likeness (QED) is 0.658. The molecule has 0 saturated carbocycles. The Morgan fingerprint density at radius 1 is 1.38 bits per heavy atom. The standard InChI is InChI=1S/C9H20N2OS/c1-7(2)5-10-9(13)11-8(3)6-12-4/h7-8H,5-6H2,1-4H3,(H2,10,11,13). The Hall–Kier alpha value is -0.350. The van der Waals surface area contributed by atoms with Gasteiger partial charge in [0.05, 0.1) is 6.61 Å². The van der Waals surface area contributed by atoms with Crippen LogP contribution in [-0.2, 0) is 4.74 Å². The molecule has 4 heteroatoms. The van der Waals surface area contributed by atoms with Gasteiger partial charge in [0.25, 0.3) is 0 Å². The zero-order valence-corrected chi connectivity index (χ0v) is 9.70. The second-order valence-corrected chi connectivity index (χ2v) is 4.01. The zero-order valence-electron chi connectivity index (χ0n) is 8.89. The molecule has 0 aromatic heterocycles. The smallest absolute Gasteiger partial charge is 0.166 e. The van der Waals surface area contributed by atoms with Gasteiger partial charge in [-0.15, -0.1) is 0 Å². The van der Waals surface area contributed by atoms with Crippen molar-refractivity contribution in [1.29, 1.82) is 0 Å². The summed E-state index contributed by atoms with van der Waals surface area (Å²) in [5.74, 6) is 0.609. The summed E-state index contributed by atoms with van der Waals surface area (Å²) >= 11 is 5.09. The van der Waals surface area contributed by atoms with Crippen LogP contribution >= 0.6 is 12.2 Å². The van der Waals surface area contributed by atoms with Crippen molar-refractivity contribution >= 4 is 17.3 Å². The summed E-state index contributed by atoms with van der Waals surface area (Å²) in [5.41, 5.74) is 0. The molecular formula is C9H20N2OS. The average molecular weight is 204 g/mol. The van der Waals surface area contributed by atoms with Crippen LogP contribution < -0.4 is 10.6 Å². The second-order valence-electron chi connectivity index (χ2n) is 3.60. The highest BCUT2D eigenvalue weighted by atomic mass is 32.1. The highest BCUT2D eigenvalue weighted by Gasteiger charge is 2.02. The molecule has 1 atom stereocenters. The molecular weight excluding hydrogens is 184 g/mol. The maximum absolute atomic E-state index is 5.09. The first-order valence-corrected chi connectivity index (χ1v) is 5.00. The number of hydrogen-bond acceptors (Lipinski definition) is 2. The van der Waals surface area contributed by atoms with Crippen molar-refractivity contribution in [3.8, 4) is 0 Å². The molecule has 0 heterocycles. The molecule has 0 aliphatic carbocycles. The van der Waals surface area contributed by atoms with E-state index in [1.165, 1.54) is 0 Å². The van der Waals surface area contributed by atoms with Gasteiger partial charge in [0.15, 0.2) is 5.11 Å². The van der Waals surface area contributed by atoms with Gasteiger partial charge in [0.2, 0.25) is 0 Å². The number of methoxy groups -OCH3 is 1. The van der Waals surface area contributed by atoms with Crippen LogP contribution in [0.1, 0.15) is 20.8 Å². The monoisotopic (exact) mass is 204 g/mol. The van der Waals surface area contributed by atoms with Crippen LogP contribution in [0.15, 0.2) is 0 Å². The first-order valence-electron chi connectivity index (χ1n) is 4.59. The van der Waals surface area contributed by atoms with Crippen molar-refractivity contribution in [2.45, 2.75) is 26.8 Å². The summed E-state index contributed by atoms with van der Waals surface area (Å²) in [6.07, 6.45) is 0. The molecule has 2 N–H and O–H groups in total. The van der Waals surface area contributed by atoms with Crippen molar-refractivity contribution in [2.24, 2.45) is 5.92 Å². The van der Waals surface area contributed by atoms with Gasteiger partial charge < -0.3 is 15.4 Å². The Morgan fingerprint density at radius 2 is 2.00 bits per heavy atom. The zero-order chi connectivity index (χ0) is 10.3. The van der Waals surface area contributed by atoms with Gasteiger partial charge in [-0.2, -0.15) is 0 Å². The fourth-order valence-corrected chi connectivity index (χ4v) is 1.15. The normalized spacial score (nSPS) is 12.7. The molecule has 0 aromatic carbocycles. The van der Waals surface area contributed by atoms with Crippen molar-refractivity contribution < 1.29 is 4.74 Å². The van der Waals surface area contributed by atoms with Gasteiger partial charge >= 0.3 is 0 Å². The number of rotatable bonds is 5. The summed E-state index contributed by atoms with van der Waals surface area (Å²) in [7, 11) is 1.68. The number of ether oxygens (including phenoxy) is 1. The molecule has 0 fully saturated rings. The van der Waals surface area contributed by atoms with Gasteiger partial charge in [0.1, 0.15) is 0 Å². The van der Waals surface area contributed by atoms with E-state index < -0.39 is 0 Å². The van der Waals surface area contributed by atoms with E-state index in [0.29, 0.717) is 17.6 Å². The lowest BCUT2D eigenvalue weighted by Crippen LogP contribution is -2.43. The molecule has 0 amide bonds. The topological polar surface area (TPSA) is 33.3 Å². The van der Waals surface area contributed by atoms with E-state index in [0.717, 1.165) is 6.54 Å². The van der Waals surface area contributed by atoms with Gasteiger partial charge in [-0.25, -0.2) is 0 Å². The fraction of sp³-hybridized carbons (Fsp3) is 0.889. The van der Waals surface area contributed by atoms with Crippen LogP contribution in [0.4, 0.5) is 0 Å². The molecule has 0 aliphatic heterocycles. The molecule has 0 rings (SSSR count). The minimum Gasteiger partial charge on any atom is -0.383 e. The molecule has 78 valence electrons. The minimum atomic E-state index is 0.261. The highest BCUT2D eigenvalue weighted by Crippen LogP contribution is 1.87. The summed E-state index contributed by atoms with van der Waals surface area (Å²) in [5, 5.41) is 6.97. The molecule has 0 bridgehead atoms. The largest absolute Gasteiger partial charge is 0.383 e. The molecule has 0 radical (unpaired) electrons. The highest BCUT2D eigenvalue weighted by molar-refractivity contribution is 7.80. The van der Waals surface area contributed by atoms with E-state index in [-0.39, 0.29) is 6.04 Å². The van der Waals surface area contributed by atoms with Gasteiger partial charge in [-0.1, -0.05) is 13.8 Å². The van der Waals surface area contributed by atoms with Crippen molar-refractivity contribution in [3.05, 3.63) is 0 Å². The number of nitrogens with one attached hydrogen (secondary N) is 2. The lowest BCUT2D eigenvalue weighted by Gasteiger charge is -2.16. The van der Waals surface area contributed by atoms with Crippen LogP contribution in [0.5, 0.6) is 0 Å². The van der Waals surface area contributed by atoms with Crippen LogP contribution in [0.25, 0.3) is 0 Å². The first-order chi connectivity index (χ1) is 6.06. The molecule has 0 spiro atoms. The van der Waals surface area contributed by atoms with E-state index >= 15 is 0 Å². The molecule has 0 aliphatic rings. The minimum absolute atomic E-state index is 0.261. The second kappa shape index (κ2) is 7.09. The van der Waals surface area contributed by atoms with E-state index in [9.17, 15) is 0 Å². The maximum atomic E-state index is 5.09. The number of thiocarbonyl (C=S) groups is 1. The third-order valence-electron chi connectivity index (χ3n) is 1.47. The van der Waals surface area contributed by atoms with E-state index in [4.69, 9.17) is 17.0 Å². The molecule has 1 unspecified atom stereocenters. The molecule has 13 heavy (non-hydrogen) atoms. The Labute approximate surface area is 86.2 Å². The van der Waals surface area contributed by atoms with Gasteiger partial charge in [-0.3, -0.25) is 0 Å². The Bertz CT molecular complexity index is 151. The summed E-state index contributed by atoms with van der Waals surface area (Å²) < 4.78 is 4.98. The predicted octanol–water partition coefficient (Wildman–Crippen LogP) is 1.14. The van der Waals surface area contributed by atoms with Crippen LogP contribution in [0, 0.1) is 5.92 Å². The van der Waals surface area contributed by atoms with Gasteiger partial charge in [0, 0.05) is 19.7 Å². The maximum Gasteiger partial charge on any atom is 0.166 e. The number of hydrogen-bond donors (Lipinski definition) is 2. The third-order valence-corrected chi connectivity index (χ3v) is 1.73. The predicted molar refractivity (Wildman–Crippen MR) is 59.9 cm³/mol. The van der Waals surface area contributed by atoms with Crippen LogP contribution in [0.2, 0.25) is 0 Å². The van der Waals surface area contributed by atoms with Crippen molar-refractivity contribution in [1.82, 2.24) is 10.6 Å². The Balaban J connectivity index is 3.50. The van der Waals surface area contributed by atoms with Crippen molar-refractivity contribution in [2.75, 3.05) is 20.3 Å². The lowest BCUT2D eigenvalue weighted by atomic mass is 10.2. The summed E-state index contributed by atoms with van der Waals surface area (Å²) in [6, 6.07) is 0.261. The Kier molecular flexibility index (Phi) is 6.90.